The Labute approximate surface area is 96.6 Å². The van der Waals surface area contributed by atoms with Crippen LogP contribution in [0, 0.1) is 5.82 Å². The SMILES string of the molecule is Nc1ccn2cc(-c3cccc(F)c3)nc2n1. The molecule has 3 aromatic rings. The molecule has 0 spiro atoms. The second kappa shape index (κ2) is 3.55. The number of nitrogen functional groups attached to an aromatic ring is 1. The number of fused-ring (bicyclic) bond motifs is 1. The molecule has 0 bridgehead atoms. The summed E-state index contributed by atoms with van der Waals surface area (Å²) in [5.74, 6) is 0.630. The lowest BCUT2D eigenvalue weighted by atomic mass is 10.2. The van der Waals surface area contributed by atoms with Crippen molar-refractivity contribution in [1.29, 1.82) is 0 Å². The summed E-state index contributed by atoms with van der Waals surface area (Å²) in [4.78, 5) is 8.37. The number of anilines is 1. The molecular weight excluding hydrogens is 219 g/mol. The van der Waals surface area contributed by atoms with Crippen LogP contribution in [0.4, 0.5) is 10.2 Å². The molecule has 0 amide bonds. The highest BCUT2D eigenvalue weighted by atomic mass is 19.1. The number of aromatic nitrogens is 3. The van der Waals surface area contributed by atoms with Crippen LogP contribution in [0.1, 0.15) is 0 Å². The molecule has 1 aromatic carbocycles. The fourth-order valence-corrected chi connectivity index (χ4v) is 1.67. The minimum atomic E-state index is -0.285. The molecule has 0 radical (unpaired) electrons. The van der Waals surface area contributed by atoms with Crippen molar-refractivity contribution < 1.29 is 4.39 Å². The molecule has 0 saturated carbocycles. The molecule has 2 heterocycles. The smallest absolute Gasteiger partial charge is 0.236 e. The zero-order valence-electron chi connectivity index (χ0n) is 8.84. The predicted molar refractivity (Wildman–Crippen MR) is 62.8 cm³/mol. The van der Waals surface area contributed by atoms with Crippen molar-refractivity contribution in [2.45, 2.75) is 0 Å². The van der Waals surface area contributed by atoms with Crippen LogP contribution in [-0.4, -0.2) is 14.4 Å². The van der Waals surface area contributed by atoms with Crippen LogP contribution in [0.25, 0.3) is 17.0 Å². The largest absolute Gasteiger partial charge is 0.384 e. The first-order chi connectivity index (χ1) is 8.22. The second-order valence-electron chi connectivity index (χ2n) is 3.70. The molecule has 17 heavy (non-hydrogen) atoms. The Kier molecular flexibility index (Phi) is 2.04. The Morgan fingerprint density at radius 3 is 2.88 bits per heavy atom. The minimum absolute atomic E-state index is 0.285. The van der Waals surface area contributed by atoms with Crippen LogP contribution in [-0.2, 0) is 0 Å². The van der Waals surface area contributed by atoms with Gasteiger partial charge >= 0.3 is 0 Å². The van der Waals surface area contributed by atoms with E-state index in [1.165, 1.54) is 12.1 Å². The highest BCUT2D eigenvalue weighted by Crippen LogP contribution is 2.19. The van der Waals surface area contributed by atoms with Gasteiger partial charge < -0.3 is 5.73 Å². The number of hydrogen-bond donors (Lipinski definition) is 1. The summed E-state index contributed by atoms with van der Waals surface area (Å²) in [6, 6.07) is 7.97. The molecular formula is C12H9FN4. The predicted octanol–water partition coefficient (Wildman–Crippen LogP) is 2.12. The molecule has 0 aliphatic heterocycles. The van der Waals surface area contributed by atoms with Gasteiger partial charge in [0, 0.05) is 18.0 Å². The average molecular weight is 228 g/mol. The van der Waals surface area contributed by atoms with E-state index in [2.05, 4.69) is 9.97 Å². The summed E-state index contributed by atoms with van der Waals surface area (Å²) in [6.07, 6.45) is 3.56. The van der Waals surface area contributed by atoms with Gasteiger partial charge in [0.1, 0.15) is 11.6 Å². The van der Waals surface area contributed by atoms with Gasteiger partial charge in [-0.1, -0.05) is 12.1 Å². The van der Waals surface area contributed by atoms with Crippen molar-refractivity contribution in [1.82, 2.24) is 14.4 Å². The van der Waals surface area contributed by atoms with E-state index in [0.717, 1.165) is 0 Å². The molecule has 4 nitrogen and oxygen atoms in total. The molecule has 2 aromatic heterocycles. The molecule has 0 aliphatic rings. The van der Waals surface area contributed by atoms with E-state index in [-0.39, 0.29) is 5.82 Å². The Balaban J connectivity index is 2.18. The Bertz CT molecular complexity index is 690. The lowest BCUT2D eigenvalue weighted by Crippen LogP contribution is -1.93. The van der Waals surface area contributed by atoms with E-state index in [9.17, 15) is 4.39 Å². The monoisotopic (exact) mass is 228 g/mol. The summed E-state index contributed by atoms with van der Waals surface area (Å²) in [7, 11) is 0. The minimum Gasteiger partial charge on any atom is -0.384 e. The molecule has 0 atom stereocenters. The van der Waals surface area contributed by atoms with E-state index >= 15 is 0 Å². The van der Waals surface area contributed by atoms with Crippen molar-refractivity contribution >= 4 is 11.6 Å². The normalized spacial score (nSPS) is 10.9. The third-order valence-electron chi connectivity index (χ3n) is 2.47. The lowest BCUT2D eigenvalue weighted by molar-refractivity contribution is 0.628. The maximum absolute atomic E-state index is 13.1. The highest BCUT2D eigenvalue weighted by Gasteiger charge is 2.06. The van der Waals surface area contributed by atoms with Crippen molar-refractivity contribution in [2.75, 3.05) is 5.73 Å². The third-order valence-corrected chi connectivity index (χ3v) is 2.47. The zero-order valence-corrected chi connectivity index (χ0v) is 8.84. The topological polar surface area (TPSA) is 56.2 Å². The molecule has 2 N–H and O–H groups in total. The summed E-state index contributed by atoms with van der Waals surface area (Å²) in [5, 5.41) is 0. The first-order valence-electron chi connectivity index (χ1n) is 5.09. The first-order valence-corrected chi connectivity index (χ1v) is 5.09. The summed E-state index contributed by atoms with van der Waals surface area (Å²) < 4.78 is 14.8. The third kappa shape index (κ3) is 1.71. The summed E-state index contributed by atoms with van der Waals surface area (Å²) in [6.45, 7) is 0. The maximum atomic E-state index is 13.1. The standard InChI is InChI=1S/C12H9FN4/c13-9-3-1-2-8(6-9)10-7-17-5-4-11(14)16-12(17)15-10/h1-7H,(H2,14,15,16). The molecule has 0 saturated heterocycles. The molecule has 3 rings (SSSR count). The van der Waals surface area contributed by atoms with Crippen molar-refractivity contribution in [3.8, 4) is 11.3 Å². The fraction of sp³-hybridized carbons (Fsp3) is 0. The van der Waals surface area contributed by atoms with Crippen LogP contribution in [0.15, 0.2) is 42.7 Å². The number of hydrogen-bond acceptors (Lipinski definition) is 3. The number of nitrogens with zero attached hydrogens (tertiary/aromatic N) is 3. The molecule has 84 valence electrons. The van der Waals surface area contributed by atoms with Gasteiger partial charge in [-0.3, -0.25) is 4.40 Å². The van der Waals surface area contributed by atoms with Gasteiger partial charge in [0.2, 0.25) is 5.78 Å². The summed E-state index contributed by atoms with van der Waals surface area (Å²) >= 11 is 0. The van der Waals surface area contributed by atoms with E-state index in [1.54, 1.807) is 35.0 Å². The van der Waals surface area contributed by atoms with Gasteiger partial charge in [-0.15, -0.1) is 0 Å². The van der Waals surface area contributed by atoms with Gasteiger partial charge in [-0.2, -0.15) is 4.98 Å². The number of nitrogens with two attached hydrogens (primary N) is 1. The van der Waals surface area contributed by atoms with E-state index in [4.69, 9.17) is 5.73 Å². The fourth-order valence-electron chi connectivity index (χ4n) is 1.67. The van der Waals surface area contributed by atoms with Gasteiger partial charge in [-0.25, -0.2) is 9.37 Å². The maximum Gasteiger partial charge on any atom is 0.236 e. The molecule has 0 aliphatic carbocycles. The van der Waals surface area contributed by atoms with E-state index in [1.807, 2.05) is 0 Å². The van der Waals surface area contributed by atoms with Gasteiger partial charge in [-0.05, 0) is 18.2 Å². The van der Waals surface area contributed by atoms with Gasteiger partial charge in [0.25, 0.3) is 0 Å². The quantitative estimate of drug-likeness (QED) is 0.694. The molecule has 0 fully saturated rings. The Hall–Kier alpha value is -2.43. The Morgan fingerprint density at radius 1 is 1.18 bits per heavy atom. The van der Waals surface area contributed by atoms with E-state index < -0.39 is 0 Å². The molecule has 5 heteroatoms. The van der Waals surface area contributed by atoms with Gasteiger partial charge in [0.15, 0.2) is 0 Å². The van der Waals surface area contributed by atoms with Crippen LogP contribution in [0.2, 0.25) is 0 Å². The summed E-state index contributed by atoms with van der Waals surface area (Å²) in [5.41, 5.74) is 6.96. The number of halogens is 1. The zero-order chi connectivity index (χ0) is 11.8. The van der Waals surface area contributed by atoms with Crippen LogP contribution in [0.5, 0.6) is 0 Å². The van der Waals surface area contributed by atoms with Crippen molar-refractivity contribution in [3.63, 3.8) is 0 Å². The van der Waals surface area contributed by atoms with E-state index in [0.29, 0.717) is 22.9 Å². The first kappa shape index (κ1) is 9.77. The lowest BCUT2D eigenvalue weighted by Gasteiger charge is -1.94. The Morgan fingerprint density at radius 2 is 2.06 bits per heavy atom. The van der Waals surface area contributed by atoms with Crippen molar-refractivity contribution in [3.05, 3.63) is 48.5 Å². The molecule has 0 unspecified atom stereocenters. The van der Waals surface area contributed by atoms with Crippen LogP contribution >= 0.6 is 0 Å². The van der Waals surface area contributed by atoms with Crippen LogP contribution in [0.3, 0.4) is 0 Å². The average Bonchev–Trinajstić information content (AvgIpc) is 2.72. The number of benzene rings is 1. The highest BCUT2D eigenvalue weighted by molar-refractivity contribution is 5.61. The number of rotatable bonds is 1. The van der Waals surface area contributed by atoms with Crippen molar-refractivity contribution in [2.24, 2.45) is 0 Å². The van der Waals surface area contributed by atoms with Gasteiger partial charge in [0.05, 0.1) is 5.69 Å². The van der Waals surface area contributed by atoms with Crippen LogP contribution < -0.4 is 5.73 Å². The second-order valence-corrected chi connectivity index (χ2v) is 3.70. The number of imidazole rings is 1.